The highest BCUT2D eigenvalue weighted by molar-refractivity contribution is 5.99. The van der Waals surface area contributed by atoms with Crippen molar-refractivity contribution in [3.05, 3.63) is 90.5 Å². The van der Waals surface area contributed by atoms with Gasteiger partial charge in [-0.25, -0.2) is 5.43 Å². The molecule has 29 heavy (non-hydrogen) atoms. The fourth-order valence-electron chi connectivity index (χ4n) is 2.77. The Morgan fingerprint density at radius 1 is 0.724 bits per heavy atom. The minimum absolute atomic E-state index is 0.0718. The molecule has 0 saturated heterocycles. The molecule has 3 aromatic rings. The number of carbonyl (C=O) groups is 2. The summed E-state index contributed by atoms with van der Waals surface area (Å²) < 4.78 is 0. The van der Waals surface area contributed by atoms with Gasteiger partial charge in [0.15, 0.2) is 0 Å². The van der Waals surface area contributed by atoms with Crippen LogP contribution >= 0.6 is 0 Å². The molecular formula is C24H23N3O2. The average molecular weight is 385 g/mol. The normalized spacial score (nSPS) is 11.0. The van der Waals surface area contributed by atoms with Gasteiger partial charge in [-0.2, -0.15) is 5.10 Å². The van der Waals surface area contributed by atoms with Crippen LogP contribution in [0.4, 0.5) is 5.69 Å². The molecule has 0 aliphatic carbocycles. The van der Waals surface area contributed by atoms with Crippen molar-refractivity contribution in [3.8, 4) is 11.1 Å². The van der Waals surface area contributed by atoms with Gasteiger partial charge >= 0.3 is 0 Å². The highest BCUT2D eigenvalue weighted by atomic mass is 16.2. The molecule has 0 saturated carbocycles. The van der Waals surface area contributed by atoms with Crippen molar-refractivity contribution in [1.29, 1.82) is 0 Å². The molecule has 3 aromatic carbocycles. The first-order chi connectivity index (χ1) is 14.1. The second kappa shape index (κ2) is 9.99. The van der Waals surface area contributed by atoms with E-state index < -0.39 is 0 Å². The Bertz CT molecular complexity index is 982. The van der Waals surface area contributed by atoms with Crippen molar-refractivity contribution in [1.82, 2.24) is 5.43 Å². The van der Waals surface area contributed by atoms with Gasteiger partial charge < -0.3 is 5.32 Å². The van der Waals surface area contributed by atoms with E-state index in [-0.39, 0.29) is 24.7 Å². The lowest BCUT2D eigenvalue weighted by atomic mass is 10.0. The van der Waals surface area contributed by atoms with E-state index in [0.717, 1.165) is 16.7 Å². The maximum atomic E-state index is 12.0. The Morgan fingerprint density at radius 3 is 1.93 bits per heavy atom. The number of nitrogens with zero attached hydrogens (tertiary/aromatic N) is 1. The number of benzene rings is 3. The predicted octanol–water partition coefficient (Wildman–Crippen LogP) is 4.61. The van der Waals surface area contributed by atoms with E-state index in [1.807, 2.05) is 67.6 Å². The van der Waals surface area contributed by atoms with Crippen molar-refractivity contribution in [3.63, 3.8) is 0 Å². The van der Waals surface area contributed by atoms with Gasteiger partial charge in [0.05, 0.1) is 5.71 Å². The maximum Gasteiger partial charge on any atom is 0.240 e. The molecule has 0 atom stereocenters. The molecular weight excluding hydrogens is 362 g/mol. The van der Waals surface area contributed by atoms with Crippen LogP contribution in [0.5, 0.6) is 0 Å². The third-order valence-corrected chi connectivity index (χ3v) is 4.39. The molecule has 0 fully saturated rings. The SMILES string of the molecule is CC(=NNC(=O)CCC(=O)Nc1ccccc1)c1ccc(-c2ccccc2)cc1. The van der Waals surface area contributed by atoms with Crippen LogP contribution in [-0.4, -0.2) is 17.5 Å². The molecule has 0 aromatic heterocycles. The zero-order valence-corrected chi connectivity index (χ0v) is 16.3. The number of hydrazone groups is 1. The predicted molar refractivity (Wildman–Crippen MR) is 117 cm³/mol. The van der Waals surface area contributed by atoms with Crippen molar-refractivity contribution < 1.29 is 9.59 Å². The van der Waals surface area contributed by atoms with E-state index >= 15 is 0 Å². The molecule has 3 rings (SSSR count). The Kier molecular flexibility index (Phi) is 6.90. The summed E-state index contributed by atoms with van der Waals surface area (Å²) in [6.07, 6.45) is 0.170. The number of anilines is 1. The van der Waals surface area contributed by atoms with Crippen molar-refractivity contribution >= 4 is 23.2 Å². The summed E-state index contributed by atoms with van der Waals surface area (Å²) in [4.78, 5) is 23.9. The first kappa shape index (κ1) is 20.0. The van der Waals surface area contributed by atoms with E-state index in [9.17, 15) is 9.59 Å². The third-order valence-electron chi connectivity index (χ3n) is 4.39. The number of rotatable bonds is 7. The van der Waals surface area contributed by atoms with Crippen LogP contribution in [0.1, 0.15) is 25.3 Å². The molecule has 2 amide bonds. The highest BCUT2D eigenvalue weighted by Gasteiger charge is 2.07. The van der Waals surface area contributed by atoms with Crippen LogP contribution in [0.15, 0.2) is 90.0 Å². The van der Waals surface area contributed by atoms with E-state index in [2.05, 4.69) is 28.0 Å². The van der Waals surface area contributed by atoms with Gasteiger partial charge in [-0.05, 0) is 35.7 Å². The van der Waals surface area contributed by atoms with Crippen LogP contribution in [-0.2, 0) is 9.59 Å². The summed E-state index contributed by atoms with van der Waals surface area (Å²) in [7, 11) is 0. The summed E-state index contributed by atoms with van der Waals surface area (Å²) in [5.41, 5.74) is 7.12. The first-order valence-corrected chi connectivity index (χ1v) is 9.46. The standard InChI is InChI=1S/C24H23N3O2/c1-18(19-12-14-21(15-13-19)20-8-4-2-5-9-20)26-27-24(29)17-16-23(28)25-22-10-6-3-7-11-22/h2-15H,16-17H2,1H3,(H,25,28)(H,27,29). The zero-order valence-electron chi connectivity index (χ0n) is 16.3. The van der Waals surface area contributed by atoms with Crippen molar-refractivity contribution in [2.45, 2.75) is 19.8 Å². The summed E-state index contributed by atoms with van der Waals surface area (Å²) in [5, 5.41) is 6.90. The van der Waals surface area contributed by atoms with Gasteiger partial charge in [0, 0.05) is 18.5 Å². The monoisotopic (exact) mass is 385 g/mol. The van der Waals surface area contributed by atoms with Gasteiger partial charge in [-0.15, -0.1) is 0 Å². The van der Waals surface area contributed by atoms with Crippen LogP contribution < -0.4 is 10.7 Å². The minimum Gasteiger partial charge on any atom is -0.326 e. The molecule has 0 radical (unpaired) electrons. The Hall–Kier alpha value is -3.73. The van der Waals surface area contributed by atoms with Gasteiger partial charge in [-0.3, -0.25) is 9.59 Å². The Morgan fingerprint density at radius 2 is 1.28 bits per heavy atom. The number of para-hydroxylation sites is 1. The van der Waals surface area contributed by atoms with Crippen LogP contribution in [0, 0.1) is 0 Å². The molecule has 0 bridgehead atoms. The van der Waals surface area contributed by atoms with E-state index in [4.69, 9.17) is 0 Å². The van der Waals surface area contributed by atoms with Gasteiger partial charge in [0.2, 0.25) is 11.8 Å². The van der Waals surface area contributed by atoms with Crippen LogP contribution in [0.2, 0.25) is 0 Å². The van der Waals surface area contributed by atoms with Crippen LogP contribution in [0.3, 0.4) is 0 Å². The highest BCUT2D eigenvalue weighted by Crippen LogP contribution is 2.19. The number of hydrogen-bond acceptors (Lipinski definition) is 3. The topological polar surface area (TPSA) is 70.6 Å². The number of amides is 2. The maximum absolute atomic E-state index is 12.0. The molecule has 5 heteroatoms. The molecule has 5 nitrogen and oxygen atoms in total. The minimum atomic E-state index is -0.298. The fourth-order valence-corrected chi connectivity index (χ4v) is 2.77. The Labute approximate surface area is 170 Å². The van der Waals surface area contributed by atoms with E-state index in [1.165, 1.54) is 0 Å². The summed E-state index contributed by atoms with van der Waals surface area (Å²) in [6, 6.07) is 27.3. The zero-order chi connectivity index (χ0) is 20.5. The molecule has 146 valence electrons. The largest absolute Gasteiger partial charge is 0.326 e. The summed E-state index contributed by atoms with van der Waals surface area (Å²) in [5.74, 6) is -0.503. The molecule has 0 spiro atoms. The van der Waals surface area contributed by atoms with Crippen LogP contribution in [0.25, 0.3) is 11.1 Å². The van der Waals surface area contributed by atoms with Gasteiger partial charge in [-0.1, -0.05) is 72.8 Å². The number of nitrogens with one attached hydrogen (secondary N) is 2. The smallest absolute Gasteiger partial charge is 0.240 e. The second-order valence-electron chi connectivity index (χ2n) is 6.59. The number of carbonyl (C=O) groups excluding carboxylic acids is 2. The van der Waals surface area contributed by atoms with Crippen molar-refractivity contribution in [2.75, 3.05) is 5.32 Å². The fraction of sp³-hybridized carbons (Fsp3) is 0.125. The van der Waals surface area contributed by atoms with Gasteiger partial charge in [0.1, 0.15) is 0 Å². The number of hydrogen-bond donors (Lipinski definition) is 2. The first-order valence-electron chi connectivity index (χ1n) is 9.46. The third kappa shape index (κ3) is 6.14. The van der Waals surface area contributed by atoms with E-state index in [1.54, 1.807) is 12.1 Å². The molecule has 0 aliphatic heterocycles. The lowest BCUT2D eigenvalue weighted by Crippen LogP contribution is -2.21. The lowest BCUT2D eigenvalue weighted by Gasteiger charge is -2.06. The average Bonchev–Trinajstić information content (AvgIpc) is 2.77. The lowest BCUT2D eigenvalue weighted by molar-refractivity contribution is -0.124. The van der Waals surface area contributed by atoms with Crippen molar-refractivity contribution in [2.24, 2.45) is 5.10 Å². The quantitative estimate of drug-likeness (QED) is 0.460. The molecule has 2 N–H and O–H groups in total. The summed E-state index contributed by atoms with van der Waals surface area (Å²) >= 11 is 0. The Balaban J connectivity index is 1.48. The van der Waals surface area contributed by atoms with Gasteiger partial charge in [0.25, 0.3) is 0 Å². The second-order valence-corrected chi connectivity index (χ2v) is 6.59. The molecule has 0 heterocycles. The molecule has 0 aliphatic rings. The van der Waals surface area contributed by atoms with E-state index in [0.29, 0.717) is 11.4 Å². The molecule has 0 unspecified atom stereocenters. The summed E-state index contributed by atoms with van der Waals surface area (Å²) in [6.45, 7) is 1.83.